The minimum absolute atomic E-state index is 0.159. The fraction of sp³-hybridized carbons (Fsp3) is 0.391. The number of fused-ring (bicyclic) bond motifs is 1. The zero-order chi connectivity index (χ0) is 18.8. The molecule has 1 amide bonds. The van der Waals surface area contributed by atoms with Gasteiger partial charge < -0.3 is 5.73 Å². The molecule has 0 saturated carbocycles. The lowest BCUT2D eigenvalue weighted by molar-refractivity contribution is -0.118. The number of hydrogen-bond donors (Lipinski definition) is 1. The van der Waals surface area contributed by atoms with Crippen LogP contribution in [-0.2, 0) is 22.0 Å². The topological polar surface area (TPSA) is 55.5 Å². The molecule has 26 heavy (non-hydrogen) atoms. The summed E-state index contributed by atoms with van der Waals surface area (Å²) < 4.78 is 0. The van der Waals surface area contributed by atoms with Crippen LogP contribution in [0.15, 0.2) is 53.5 Å². The highest BCUT2D eigenvalue weighted by Crippen LogP contribution is 2.39. The van der Waals surface area contributed by atoms with Crippen molar-refractivity contribution in [2.45, 2.75) is 57.3 Å². The molecule has 136 valence electrons. The van der Waals surface area contributed by atoms with Gasteiger partial charge in [0.05, 0.1) is 5.69 Å². The average Bonchev–Trinajstić information content (AvgIpc) is 2.66. The molecule has 3 nitrogen and oxygen atoms in total. The predicted octanol–water partition coefficient (Wildman–Crippen LogP) is 4.84. The van der Waals surface area contributed by atoms with Gasteiger partial charge in [0.1, 0.15) is 0 Å². The first-order valence-corrected chi connectivity index (χ1v) is 9.39. The third kappa shape index (κ3) is 3.57. The molecule has 2 aromatic rings. The van der Waals surface area contributed by atoms with Crippen LogP contribution in [-0.4, -0.2) is 12.1 Å². The number of benzene rings is 2. The number of primary amides is 1. The number of rotatable bonds is 6. The highest BCUT2D eigenvalue weighted by atomic mass is 16.1. The summed E-state index contributed by atoms with van der Waals surface area (Å²) in [6.07, 6.45) is 5.00. The summed E-state index contributed by atoms with van der Waals surface area (Å²) in [6.45, 7) is 6.75. The first-order chi connectivity index (χ1) is 12.4. The van der Waals surface area contributed by atoms with Gasteiger partial charge in [0.25, 0.3) is 0 Å². The third-order valence-electron chi connectivity index (χ3n) is 5.89. The van der Waals surface area contributed by atoms with E-state index in [1.165, 1.54) is 16.7 Å². The molecule has 1 heterocycles. The summed E-state index contributed by atoms with van der Waals surface area (Å²) in [6, 6.07) is 17.1. The Kier molecular flexibility index (Phi) is 4.99. The second kappa shape index (κ2) is 7.06. The second-order valence-electron chi connectivity index (χ2n) is 8.00. The molecule has 2 N–H and O–H groups in total. The molecular weight excluding hydrogens is 320 g/mol. The smallest absolute Gasteiger partial charge is 0.217 e. The molecule has 0 spiro atoms. The molecule has 3 heteroatoms. The minimum atomic E-state index is -0.279. The number of nitrogens with two attached hydrogens (primary N) is 1. The summed E-state index contributed by atoms with van der Waals surface area (Å²) in [4.78, 5) is 16.2. The van der Waals surface area contributed by atoms with E-state index in [1.807, 2.05) is 24.4 Å². The summed E-state index contributed by atoms with van der Waals surface area (Å²) in [5.74, 6) is -0.264. The highest BCUT2D eigenvalue weighted by molar-refractivity contribution is 5.82. The molecule has 0 fully saturated rings. The van der Waals surface area contributed by atoms with Gasteiger partial charge in [-0.1, -0.05) is 63.2 Å². The third-order valence-corrected chi connectivity index (χ3v) is 5.89. The first-order valence-electron chi connectivity index (χ1n) is 9.39. The summed E-state index contributed by atoms with van der Waals surface area (Å²) in [5, 5.41) is 0. The van der Waals surface area contributed by atoms with Gasteiger partial charge >= 0.3 is 0 Å². The maximum absolute atomic E-state index is 11.5. The van der Waals surface area contributed by atoms with E-state index in [0.717, 1.165) is 18.5 Å². The van der Waals surface area contributed by atoms with Crippen LogP contribution in [0.1, 0.15) is 56.7 Å². The lowest BCUT2D eigenvalue weighted by Crippen LogP contribution is -2.34. The Hall–Kier alpha value is -2.42. The standard InChI is InChI=1S/C23H28N2O/c1-4-22(2,3)18-9-11-19(12-10-18)23(14-13-21(24)26)15-17-7-5-6-8-20(17)25-16-23/h5-12,16H,4,13-15H2,1-3H3,(H2,24,26). The maximum Gasteiger partial charge on any atom is 0.217 e. The zero-order valence-corrected chi connectivity index (χ0v) is 16.0. The normalized spacial score (nSPS) is 19.2. The Balaban J connectivity index is 1.99. The second-order valence-corrected chi connectivity index (χ2v) is 8.00. The molecule has 0 saturated heterocycles. The van der Waals surface area contributed by atoms with E-state index in [0.29, 0.717) is 12.8 Å². The predicted molar refractivity (Wildman–Crippen MR) is 108 cm³/mol. The number of aliphatic imine (C=N–C) groups is 1. The van der Waals surface area contributed by atoms with E-state index in [2.05, 4.69) is 51.1 Å². The molecule has 1 atom stereocenters. The van der Waals surface area contributed by atoms with Gasteiger partial charge in [-0.3, -0.25) is 9.79 Å². The molecule has 0 aromatic heterocycles. The molecule has 0 bridgehead atoms. The molecule has 1 unspecified atom stereocenters. The average molecular weight is 348 g/mol. The van der Waals surface area contributed by atoms with E-state index in [9.17, 15) is 4.79 Å². The fourth-order valence-corrected chi connectivity index (χ4v) is 3.64. The van der Waals surface area contributed by atoms with Crippen LogP contribution in [0.5, 0.6) is 0 Å². The number of carbonyl (C=O) groups is 1. The van der Waals surface area contributed by atoms with Crippen LogP contribution < -0.4 is 5.73 Å². The van der Waals surface area contributed by atoms with E-state index in [1.54, 1.807) is 0 Å². The van der Waals surface area contributed by atoms with Gasteiger partial charge in [-0.25, -0.2) is 0 Å². The van der Waals surface area contributed by atoms with Crippen LogP contribution in [0.25, 0.3) is 0 Å². The quantitative estimate of drug-likeness (QED) is 0.798. The van der Waals surface area contributed by atoms with Crippen molar-refractivity contribution < 1.29 is 4.79 Å². The van der Waals surface area contributed by atoms with Crippen LogP contribution in [0.4, 0.5) is 5.69 Å². The Morgan fingerprint density at radius 1 is 1.15 bits per heavy atom. The zero-order valence-electron chi connectivity index (χ0n) is 16.0. The lowest BCUT2D eigenvalue weighted by atomic mass is 9.71. The SMILES string of the molecule is CCC(C)(C)c1ccc(C2(CCC(N)=O)C=Nc3ccccc3C2)cc1. The highest BCUT2D eigenvalue weighted by Gasteiger charge is 2.34. The Bertz CT molecular complexity index is 820. The summed E-state index contributed by atoms with van der Waals surface area (Å²) >= 11 is 0. The Morgan fingerprint density at radius 3 is 2.50 bits per heavy atom. The van der Waals surface area contributed by atoms with Crippen molar-refractivity contribution >= 4 is 17.8 Å². The van der Waals surface area contributed by atoms with Gasteiger partial charge in [0.15, 0.2) is 0 Å². The number of amides is 1. The maximum atomic E-state index is 11.5. The minimum Gasteiger partial charge on any atom is -0.370 e. The van der Waals surface area contributed by atoms with Crippen LogP contribution in [0, 0.1) is 0 Å². The lowest BCUT2D eigenvalue weighted by Gasteiger charge is -2.34. The van der Waals surface area contributed by atoms with Crippen molar-refractivity contribution in [1.82, 2.24) is 0 Å². The van der Waals surface area contributed by atoms with Gasteiger partial charge in [0, 0.05) is 18.1 Å². The van der Waals surface area contributed by atoms with Crippen molar-refractivity contribution in [2.75, 3.05) is 0 Å². The summed E-state index contributed by atoms with van der Waals surface area (Å²) in [5.41, 5.74) is 10.1. The first kappa shape index (κ1) is 18.4. The van der Waals surface area contributed by atoms with Gasteiger partial charge in [0.2, 0.25) is 5.91 Å². The molecule has 1 aliphatic heterocycles. The molecule has 0 aliphatic carbocycles. The van der Waals surface area contributed by atoms with Crippen molar-refractivity contribution in [2.24, 2.45) is 10.7 Å². The van der Waals surface area contributed by atoms with Crippen molar-refractivity contribution in [1.29, 1.82) is 0 Å². The van der Waals surface area contributed by atoms with Crippen LogP contribution in [0.3, 0.4) is 0 Å². The molecule has 2 aromatic carbocycles. The Morgan fingerprint density at radius 2 is 1.85 bits per heavy atom. The molecular formula is C23H28N2O. The van der Waals surface area contributed by atoms with E-state index in [-0.39, 0.29) is 16.7 Å². The largest absolute Gasteiger partial charge is 0.370 e. The van der Waals surface area contributed by atoms with Crippen molar-refractivity contribution in [3.63, 3.8) is 0 Å². The van der Waals surface area contributed by atoms with E-state index < -0.39 is 0 Å². The Labute approximate surface area is 156 Å². The number of hydrogen-bond acceptors (Lipinski definition) is 2. The number of para-hydroxylation sites is 1. The van der Waals surface area contributed by atoms with Gasteiger partial charge in [-0.05, 0) is 47.4 Å². The van der Waals surface area contributed by atoms with Crippen molar-refractivity contribution in [3.8, 4) is 0 Å². The monoisotopic (exact) mass is 348 g/mol. The van der Waals surface area contributed by atoms with E-state index in [4.69, 9.17) is 10.7 Å². The van der Waals surface area contributed by atoms with Gasteiger partial charge in [-0.15, -0.1) is 0 Å². The van der Waals surface area contributed by atoms with Crippen molar-refractivity contribution in [3.05, 3.63) is 65.2 Å². The molecule has 3 rings (SSSR count). The number of nitrogens with zero attached hydrogens (tertiary/aromatic N) is 1. The number of carbonyl (C=O) groups excluding carboxylic acids is 1. The summed E-state index contributed by atoms with van der Waals surface area (Å²) in [7, 11) is 0. The fourth-order valence-electron chi connectivity index (χ4n) is 3.64. The molecule has 1 aliphatic rings. The van der Waals surface area contributed by atoms with Gasteiger partial charge in [-0.2, -0.15) is 0 Å². The van der Waals surface area contributed by atoms with Crippen LogP contribution in [0.2, 0.25) is 0 Å². The van der Waals surface area contributed by atoms with Crippen LogP contribution >= 0.6 is 0 Å². The molecule has 0 radical (unpaired) electrons. The van der Waals surface area contributed by atoms with E-state index >= 15 is 0 Å².